The van der Waals surface area contributed by atoms with E-state index in [1.807, 2.05) is 4.90 Å². The molecule has 11 nitrogen and oxygen atoms in total. The third-order valence-corrected chi connectivity index (χ3v) is 5.93. The molecule has 1 spiro atoms. The van der Waals surface area contributed by atoms with Crippen molar-refractivity contribution in [3.63, 3.8) is 0 Å². The van der Waals surface area contributed by atoms with Gasteiger partial charge in [0.15, 0.2) is 11.6 Å². The molecule has 3 fully saturated rings. The molecular weight excluding hydrogens is 423 g/mol. The topological polar surface area (TPSA) is 111 Å². The number of hydrogen-bond donors (Lipinski definition) is 1. The first-order valence-corrected chi connectivity index (χ1v) is 10.5. The SMILES string of the molecule is O=CNc1cn(CC2CN(c3ccc(N4CCC5(CC4)OCCO5)c(F)c3)C(=O)O2)nn1. The number of halogens is 1. The Kier molecular flexibility index (Phi) is 5.39. The maximum atomic E-state index is 15.0. The lowest BCUT2D eigenvalue weighted by Gasteiger charge is -2.38. The molecular formula is C20H23FN6O5. The third kappa shape index (κ3) is 3.98. The van der Waals surface area contributed by atoms with E-state index >= 15 is 0 Å². The quantitative estimate of drug-likeness (QED) is 0.662. The van der Waals surface area contributed by atoms with Crippen LogP contribution in [0.4, 0.5) is 26.4 Å². The van der Waals surface area contributed by atoms with E-state index in [2.05, 4.69) is 15.6 Å². The summed E-state index contributed by atoms with van der Waals surface area (Å²) in [5, 5.41) is 10.1. The Hall–Kier alpha value is -3.25. The number of hydrogen-bond acceptors (Lipinski definition) is 8. The van der Waals surface area contributed by atoms with Crippen LogP contribution in [-0.2, 0) is 25.5 Å². The molecule has 3 saturated heterocycles. The molecule has 2 amide bonds. The van der Waals surface area contributed by atoms with Crippen LogP contribution in [0, 0.1) is 5.82 Å². The summed E-state index contributed by atoms with van der Waals surface area (Å²) in [5.41, 5.74) is 0.917. The number of carbonyl (C=O) groups excluding carboxylic acids is 2. The van der Waals surface area contributed by atoms with E-state index in [1.54, 1.807) is 12.1 Å². The summed E-state index contributed by atoms with van der Waals surface area (Å²) in [7, 11) is 0. The second-order valence-electron chi connectivity index (χ2n) is 7.93. The van der Waals surface area contributed by atoms with Crippen molar-refractivity contribution in [1.82, 2.24) is 15.0 Å². The van der Waals surface area contributed by atoms with Crippen molar-refractivity contribution < 1.29 is 28.2 Å². The number of amides is 2. The van der Waals surface area contributed by atoms with Gasteiger partial charge < -0.3 is 24.4 Å². The average Bonchev–Trinajstić information content (AvgIpc) is 3.51. The van der Waals surface area contributed by atoms with E-state index in [-0.39, 0.29) is 13.1 Å². The summed E-state index contributed by atoms with van der Waals surface area (Å²) < 4.78 is 33.3. The second-order valence-corrected chi connectivity index (χ2v) is 7.93. The molecule has 0 aliphatic carbocycles. The monoisotopic (exact) mass is 446 g/mol. The number of benzene rings is 1. The predicted octanol–water partition coefficient (Wildman–Crippen LogP) is 1.35. The van der Waals surface area contributed by atoms with Gasteiger partial charge in [-0.2, -0.15) is 0 Å². The highest BCUT2D eigenvalue weighted by atomic mass is 19.1. The minimum Gasteiger partial charge on any atom is -0.442 e. The first-order chi connectivity index (χ1) is 15.5. The predicted molar refractivity (Wildman–Crippen MR) is 110 cm³/mol. The van der Waals surface area contributed by atoms with Gasteiger partial charge in [-0.05, 0) is 18.2 Å². The maximum Gasteiger partial charge on any atom is 0.414 e. The first kappa shape index (κ1) is 20.6. The molecule has 1 atom stereocenters. The van der Waals surface area contributed by atoms with Crippen LogP contribution in [0.2, 0.25) is 0 Å². The second kappa shape index (κ2) is 8.36. The minimum atomic E-state index is -0.552. The molecule has 1 aromatic heterocycles. The van der Waals surface area contributed by atoms with Crippen LogP contribution in [0.1, 0.15) is 12.8 Å². The van der Waals surface area contributed by atoms with Crippen LogP contribution in [0.5, 0.6) is 0 Å². The molecule has 3 aliphatic rings. The minimum absolute atomic E-state index is 0.245. The lowest BCUT2D eigenvalue weighted by Crippen LogP contribution is -2.45. The zero-order valence-corrected chi connectivity index (χ0v) is 17.3. The standard InChI is InChI=1S/C20H23FN6O5/c21-16-9-14(1-2-17(16)25-5-3-20(4-6-25)30-7-8-31-20)27-11-15(32-19(27)29)10-26-12-18(22-13-28)23-24-26/h1-2,9,12-13,15H,3-8,10-11H2,(H,22,28). The van der Waals surface area contributed by atoms with Gasteiger partial charge in [-0.25, -0.2) is 13.9 Å². The van der Waals surface area contributed by atoms with Gasteiger partial charge in [-0.3, -0.25) is 9.69 Å². The summed E-state index contributed by atoms with van der Waals surface area (Å²) in [4.78, 5) is 26.2. The summed E-state index contributed by atoms with van der Waals surface area (Å²) in [6, 6.07) is 4.76. The number of carbonyl (C=O) groups is 2. The van der Waals surface area contributed by atoms with E-state index in [0.717, 1.165) is 0 Å². The fraction of sp³-hybridized carbons (Fsp3) is 0.500. The molecule has 2 aromatic rings. The number of aromatic nitrogens is 3. The van der Waals surface area contributed by atoms with Gasteiger partial charge in [0.1, 0.15) is 11.9 Å². The van der Waals surface area contributed by atoms with Gasteiger partial charge >= 0.3 is 6.09 Å². The van der Waals surface area contributed by atoms with Gasteiger partial charge in [0, 0.05) is 25.9 Å². The van der Waals surface area contributed by atoms with Crippen molar-refractivity contribution in [2.24, 2.45) is 0 Å². The number of nitrogens with one attached hydrogen (secondary N) is 1. The van der Waals surface area contributed by atoms with Crippen LogP contribution in [0.3, 0.4) is 0 Å². The molecule has 1 aromatic carbocycles. The van der Waals surface area contributed by atoms with Gasteiger partial charge in [-0.1, -0.05) is 5.21 Å². The lowest BCUT2D eigenvalue weighted by molar-refractivity contribution is -0.169. The Morgan fingerprint density at radius 2 is 2.03 bits per heavy atom. The summed E-state index contributed by atoms with van der Waals surface area (Å²) in [6.45, 7) is 2.96. The van der Waals surface area contributed by atoms with E-state index in [9.17, 15) is 14.0 Å². The summed E-state index contributed by atoms with van der Waals surface area (Å²) in [5.74, 6) is -0.618. The zero-order valence-electron chi connectivity index (χ0n) is 17.3. The van der Waals surface area contributed by atoms with Crippen molar-refractivity contribution in [2.75, 3.05) is 48.0 Å². The molecule has 5 rings (SSSR count). The largest absolute Gasteiger partial charge is 0.442 e. The maximum absolute atomic E-state index is 15.0. The van der Waals surface area contributed by atoms with Crippen molar-refractivity contribution in [3.05, 3.63) is 30.2 Å². The molecule has 0 bridgehead atoms. The number of cyclic esters (lactones) is 1. The fourth-order valence-corrected chi connectivity index (χ4v) is 4.34. The Morgan fingerprint density at radius 1 is 1.25 bits per heavy atom. The molecule has 12 heteroatoms. The molecule has 1 N–H and O–H groups in total. The molecule has 4 heterocycles. The average molecular weight is 446 g/mol. The van der Waals surface area contributed by atoms with Crippen LogP contribution < -0.4 is 15.1 Å². The number of rotatable bonds is 6. The smallest absolute Gasteiger partial charge is 0.414 e. The van der Waals surface area contributed by atoms with E-state index in [0.29, 0.717) is 62.7 Å². The third-order valence-electron chi connectivity index (χ3n) is 5.93. The molecule has 3 aliphatic heterocycles. The number of ether oxygens (including phenoxy) is 3. The summed E-state index contributed by atoms with van der Waals surface area (Å²) >= 11 is 0. The number of nitrogens with zero attached hydrogens (tertiary/aromatic N) is 5. The number of anilines is 3. The Labute approximate surface area is 183 Å². The summed E-state index contributed by atoms with van der Waals surface area (Å²) in [6.07, 6.45) is 2.36. The fourth-order valence-electron chi connectivity index (χ4n) is 4.34. The van der Waals surface area contributed by atoms with Crippen molar-refractivity contribution in [3.8, 4) is 0 Å². The molecule has 0 radical (unpaired) electrons. The first-order valence-electron chi connectivity index (χ1n) is 10.5. The van der Waals surface area contributed by atoms with Crippen LogP contribution >= 0.6 is 0 Å². The lowest BCUT2D eigenvalue weighted by atomic mass is 10.0. The number of piperidine rings is 1. The van der Waals surface area contributed by atoms with Crippen LogP contribution in [0.15, 0.2) is 24.4 Å². The Balaban J connectivity index is 1.22. The van der Waals surface area contributed by atoms with Gasteiger partial charge in [-0.15, -0.1) is 5.10 Å². The highest BCUT2D eigenvalue weighted by Gasteiger charge is 2.40. The van der Waals surface area contributed by atoms with Gasteiger partial charge in [0.2, 0.25) is 6.41 Å². The van der Waals surface area contributed by atoms with E-state index in [4.69, 9.17) is 14.2 Å². The molecule has 0 saturated carbocycles. The van der Waals surface area contributed by atoms with Gasteiger partial charge in [0.25, 0.3) is 0 Å². The molecule has 170 valence electrons. The molecule has 32 heavy (non-hydrogen) atoms. The normalized spacial score (nSPS) is 22.4. The van der Waals surface area contributed by atoms with E-state index < -0.39 is 23.8 Å². The Morgan fingerprint density at radius 3 is 2.75 bits per heavy atom. The molecule has 1 unspecified atom stereocenters. The van der Waals surface area contributed by atoms with Crippen molar-refractivity contribution >= 4 is 29.7 Å². The van der Waals surface area contributed by atoms with E-state index in [1.165, 1.54) is 21.8 Å². The van der Waals surface area contributed by atoms with Crippen LogP contribution in [-0.4, -0.2) is 72.2 Å². The van der Waals surface area contributed by atoms with Crippen molar-refractivity contribution in [1.29, 1.82) is 0 Å². The van der Waals surface area contributed by atoms with Gasteiger partial charge in [0.05, 0.1) is 43.9 Å². The van der Waals surface area contributed by atoms with Crippen LogP contribution in [0.25, 0.3) is 0 Å². The van der Waals surface area contributed by atoms with Crippen molar-refractivity contribution in [2.45, 2.75) is 31.3 Å². The zero-order chi connectivity index (χ0) is 22.1. The highest BCUT2D eigenvalue weighted by molar-refractivity contribution is 5.90. The Bertz CT molecular complexity index is 1000. The highest BCUT2D eigenvalue weighted by Crippen LogP contribution is 2.35.